The Morgan fingerprint density at radius 2 is 2.00 bits per heavy atom. The van der Waals surface area contributed by atoms with Crippen LogP contribution in [-0.4, -0.2) is 4.98 Å². The Bertz CT molecular complexity index is 516. The van der Waals surface area contributed by atoms with E-state index < -0.39 is 0 Å². The van der Waals surface area contributed by atoms with E-state index in [1.165, 1.54) is 22.0 Å². The van der Waals surface area contributed by atoms with Crippen LogP contribution < -0.4 is 5.73 Å². The molecule has 1 aromatic carbocycles. The highest BCUT2D eigenvalue weighted by atomic mass is 127. The molecule has 0 radical (unpaired) electrons. The molecular formula is C13H13IN2S. The molecule has 0 saturated heterocycles. The van der Waals surface area contributed by atoms with Gasteiger partial charge in [-0.1, -0.05) is 12.1 Å². The molecule has 88 valence electrons. The van der Waals surface area contributed by atoms with E-state index in [9.17, 15) is 0 Å². The number of halogens is 1. The van der Waals surface area contributed by atoms with Crippen molar-refractivity contribution in [1.29, 1.82) is 0 Å². The van der Waals surface area contributed by atoms with Gasteiger partial charge in [0.15, 0.2) is 0 Å². The van der Waals surface area contributed by atoms with Crippen LogP contribution in [0.2, 0.25) is 0 Å². The molecule has 0 amide bonds. The SMILES string of the molecule is NC(c1nc(-c2ccc(I)cc2)cs1)C1CC1. The second-order valence-corrected chi connectivity index (χ2v) is 6.58. The van der Waals surface area contributed by atoms with E-state index >= 15 is 0 Å². The third kappa shape index (κ3) is 2.53. The van der Waals surface area contributed by atoms with Gasteiger partial charge in [0.05, 0.1) is 11.7 Å². The number of hydrogen-bond acceptors (Lipinski definition) is 3. The van der Waals surface area contributed by atoms with Gasteiger partial charge in [-0.3, -0.25) is 0 Å². The highest BCUT2D eigenvalue weighted by molar-refractivity contribution is 14.1. The van der Waals surface area contributed by atoms with Crippen LogP contribution in [-0.2, 0) is 0 Å². The number of thiazole rings is 1. The molecule has 1 unspecified atom stereocenters. The van der Waals surface area contributed by atoms with Crippen molar-refractivity contribution in [3.8, 4) is 11.3 Å². The molecule has 3 rings (SSSR count). The van der Waals surface area contributed by atoms with Crippen molar-refractivity contribution in [2.75, 3.05) is 0 Å². The van der Waals surface area contributed by atoms with Gasteiger partial charge in [0.2, 0.25) is 0 Å². The Morgan fingerprint density at radius 3 is 2.65 bits per heavy atom. The third-order valence-electron chi connectivity index (χ3n) is 3.08. The fourth-order valence-electron chi connectivity index (χ4n) is 1.85. The van der Waals surface area contributed by atoms with Gasteiger partial charge in [-0.2, -0.15) is 0 Å². The number of rotatable bonds is 3. The molecule has 0 spiro atoms. The molecule has 0 aliphatic heterocycles. The zero-order valence-corrected chi connectivity index (χ0v) is 12.2. The van der Waals surface area contributed by atoms with Crippen molar-refractivity contribution in [2.45, 2.75) is 18.9 Å². The van der Waals surface area contributed by atoms with Gasteiger partial charge in [0.25, 0.3) is 0 Å². The Labute approximate surface area is 118 Å². The molecule has 1 aromatic heterocycles. The predicted molar refractivity (Wildman–Crippen MR) is 79.9 cm³/mol. The first-order valence-corrected chi connectivity index (χ1v) is 7.67. The molecule has 2 N–H and O–H groups in total. The number of benzene rings is 1. The number of nitrogens with two attached hydrogens (primary N) is 1. The largest absolute Gasteiger partial charge is 0.322 e. The minimum Gasteiger partial charge on any atom is -0.322 e. The van der Waals surface area contributed by atoms with Crippen molar-refractivity contribution in [2.24, 2.45) is 11.7 Å². The first-order valence-electron chi connectivity index (χ1n) is 5.71. The molecule has 1 saturated carbocycles. The van der Waals surface area contributed by atoms with E-state index in [0.29, 0.717) is 5.92 Å². The number of nitrogens with zero attached hydrogens (tertiary/aromatic N) is 1. The lowest BCUT2D eigenvalue weighted by Crippen LogP contribution is -2.11. The summed E-state index contributed by atoms with van der Waals surface area (Å²) in [7, 11) is 0. The average Bonchev–Trinajstić information content (AvgIpc) is 3.07. The van der Waals surface area contributed by atoms with Crippen LogP contribution in [0.4, 0.5) is 0 Å². The monoisotopic (exact) mass is 356 g/mol. The van der Waals surface area contributed by atoms with E-state index in [4.69, 9.17) is 5.73 Å². The fourth-order valence-corrected chi connectivity index (χ4v) is 3.13. The summed E-state index contributed by atoms with van der Waals surface area (Å²) < 4.78 is 1.25. The summed E-state index contributed by atoms with van der Waals surface area (Å²) in [6, 6.07) is 8.59. The molecule has 17 heavy (non-hydrogen) atoms. The maximum Gasteiger partial charge on any atom is 0.110 e. The minimum atomic E-state index is 0.151. The van der Waals surface area contributed by atoms with E-state index in [0.717, 1.165) is 10.7 Å². The van der Waals surface area contributed by atoms with E-state index in [1.807, 2.05) is 0 Å². The minimum absolute atomic E-state index is 0.151. The summed E-state index contributed by atoms with van der Waals surface area (Å²) in [6.45, 7) is 0. The number of hydrogen-bond donors (Lipinski definition) is 1. The van der Waals surface area contributed by atoms with Crippen molar-refractivity contribution in [1.82, 2.24) is 4.98 Å². The zero-order valence-electron chi connectivity index (χ0n) is 9.27. The van der Waals surface area contributed by atoms with Crippen molar-refractivity contribution in [3.05, 3.63) is 38.2 Å². The quantitative estimate of drug-likeness (QED) is 0.849. The fraction of sp³-hybridized carbons (Fsp3) is 0.308. The van der Waals surface area contributed by atoms with Crippen LogP contribution in [0.5, 0.6) is 0 Å². The maximum absolute atomic E-state index is 6.16. The standard InChI is InChI=1S/C13H13IN2S/c14-10-5-3-8(4-6-10)11-7-17-13(16-11)12(15)9-1-2-9/h3-7,9,12H,1-2,15H2. The number of aromatic nitrogens is 1. The average molecular weight is 356 g/mol. The second kappa shape index (κ2) is 4.66. The van der Waals surface area contributed by atoms with Crippen LogP contribution in [0.15, 0.2) is 29.6 Å². The zero-order chi connectivity index (χ0) is 11.8. The van der Waals surface area contributed by atoms with Gasteiger partial charge in [-0.05, 0) is 53.5 Å². The Morgan fingerprint density at radius 1 is 1.29 bits per heavy atom. The van der Waals surface area contributed by atoms with Gasteiger partial charge >= 0.3 is 0 Å². The maximum atomic E-state index is 6.16. The highest BCUT2D eigenvalue weighted by Gasteiger charge is 2.31. The van der Waals surface area contributed by atoms with Gasteiger partial charge < -0.3 is 5.73 Å². The van der Waals surface area contributed by atoms with Crippen LogP contribution in [0.25, 0.3) is 11.3 Å². The molecule has 4 heteroatoms. The van der Waals surface area contributed by atoms with E-state index in [2.05, 4.69) is 57.2 Å². The molecule has 0 bridgehead atoms. The van der Waals surface area contributed by atoms with E-state index in [1.54, 1.807) is 11.3 Å². The summed E-state index contributed by atoms with van der Waals surface area (Å²) >= 11 is 4.00. The van der Waals surface area contributed by atoms with Crippen LogP contribution in [0, 0.1) is 9.49 Å². The van der Waals surface area contributed by atoms with Gasteiger partial charge in [0.1, 0.15) is 5.01 Å². The normalized spacial score (nSPS) is 17.1. The Kier molecular flexibility index (Phi) is 3.19. The summed E-state index contributed by atoms with van der Waals surface area (Å²) in [6.07, 6.45) is 2.53. The lowest BCUT2D eigenvalue weighted by molar-refractivity contribution is 0.629. The molecule has 1 atom stereocenters. The van der Waals surface area contributed by atoms with Crippen LogP contribution >= 0.6 is 33.9 Å². The molecule has 2 nitrogen and oxygen atoms in total. The van der Waals surface area contributed by atoms with Gasteiger partial charge in [-0.25, -0.2) is 4.98 Å². The molecule has 2 aromatic rings. The van der Waals surface area contributed by atoms with Crippen LogP contribution in [0.3, 0.4) is 0 Å². The summed E-state index contributed by atoms with van der Waals surface area (Å²) in [5.41, 5.74) is 8.39. The van der Waals surface area contributed by atoms with E-state index in [-0.39, 0.29) is 6.04 Å². The molecule has 1 fully saturated rings. The second-order valence-electron chi connectivity index (χ2n) is 4.44. The molecule has 1 heterocycles. The lowest BCUT2D eigenvalue weighted by atomic mass is 10.2. The van der Waals surface area contributed by atoms with Crippen LogP contribution in [0.1, 0.15) is 23.9 Å². The lowest BCUT2D eigenvalue weighted by Gasteiger charge is -2.04. The smallest absolute Gasteiger partial charge is 0.110 e. The van der Waals surface area contributed by atoms with Crippen molar-refractivity contribution < 1.29 is 0 Å². The summed E-state index contributed by atoms with van der Waals surface area (Å²) in [5.74, 6) is 0.672. The van der Waals surface area contributed by atoms with Gasteiger partial charge in [0, 0.05) is 14.5 Å². The summed E-state index contributed by atoms with van der Waals surface area (Å²) in [4.78, 5) is 4.66. The highest BCUT2D eigenvalue weighted by Crippen LogP contribution is 2.40. The summed E-state index contributed by atoms with van der Waals surface area (Å²) in [5, 5.41) is 3.20. The Balaban J connectivity index is 1.86. The third-order valence-corrected chi connectivity index (χ3v) is 4.74. The predicted octanol–water partition coefficient (Wildman–Crippen LogP) is 3.82. The molecular weight excluding hydrogens is 343 g/mol. The topological polar surface area (TPSA) is 38.9 Å². The molecule has 1 aliphatic rings. The van der Waals surface area contributed by atoms with Crippen molar-refractivity contribution in [3.63, 3.8) is 0 Å². The Hall–Kier alpha value is -0.460. The first-order chi connectivity index (χ1) is 8.24. The van der Waals surface area contributed by atoms with Crippen molar-refractivity contribution >= 4 is 33.9 Å². The van der Waals surface area contributed by atoms with Gasteiger partial charge in [-0.15, -0.1) is 11.3 Å². The first kappa shape index (κ1) is 11.6. The molecule has 1 aliphatic carbocycles.